The first-order valence-electron chi connectivity index (χ1n) is 7.77. The summed E-state index contributed by atoms with van der Waals surface area (Å²) in [5.41, 5.74) is 2.23. The molecule has 1 atom stereocenters. The van der Waals surface area contributed by atoms with Gasteiger partial charge in [0.25, 0.3) is 0 Å². The second-order valence-corrected chi connectivity index (χ2v) is 7.71. The van der Waals surface area contributed by atoms with Crippen LogP contribution in [0.5, 0.6) is 0 Å². The molecule has 7 heteroatoms. The first kappa shape index (κ1) is 18.9. The molecular weight excluding hydrogens is 343 g/mol. The van der Waals surface area contributed by atoms with E-state index in [1.54, 1.807) is 0 Å². The smallest absolute Gasteiger partial charge is 0.243 e. The van der Waals surface area contributed by atoms with Gasteiger partial charge in [0.15, 0.2) is 0 Å². The number of aryl methyl sites for hydroxylation is 1. The Labute approximate surface area is 147 Å². The number of nitrogens with zero attached hydrogens (tertiary/aromatic N) is 1. The van der Waals surface area contributed by atoms with E-state index in [0.29, 0.717) is 6.54 Å². The molecule has 1 N–H and O–H groups in total. The molecule has 5 nitrogen and oxygen atoms in total. The lowest BCUT2D eigenvalue weighted by Gasteiger charge is -2.28. The minimum atomic E-state index is -3.72. The van der Waals surface area contributed by atoms with Crippen LogP contribution in [0.15, 0.2) is 48.5 Å². The molecule has 0 saturated carbocycles. The molecule has 0 aromatic heterocycles. The van der Waals surface area contributed by atoms with Crippen LogP contribution in [0.25, 0.3) is 0 Å². The summed E-state index contributed by atoms with van der Waals surface area (Å²) in [6, 6.07) is 11.6. The number of rotatable bonds is 6. The van der Waals surface area contributed by atoms with Crippen molar-refractivity contribution in [2.45, 2.75) is 26.4 Å². The minimum absolute atomic E-state index is 0.238. The molecule has 0 radical (unpaired) electrons. The number of hydrogen-bond acceptors (Lipinski definition) is 3. The van der Waals surface area contributed by atoms with E-state index >= 15 is 0 Å². The molecule has 2 aromatic rings. The van der Waals surface area contributed by atoms with Gasteiger partial charge in [-0.05, 0) is 49.2 Å². The first-order chi connectivity index (χ1) is 11.7. The van der Waals surface area contributed by atoms with Gasteiger partial charge in [-0.15, -0.1) is 0 Å². The van der Waals surface area contributed by atoms with E-state index < -0.39 is 27.8 Å². The van der Waals surface area contributed by atoms with Gasteiger partial charge >= 0.3 is 0 Å². The van der Waals surface area contributed by atoms with Gasteiger partial charge in [-0.1, -0.05) is 24.3 Å². The normalized spacial score (nSPS) is 12.5. The summed E-state index contributed by atoms with van der Waals surface area (Å²) in [7, 11) is -3.72. The Bertz CT molecular complexity index is 851. The molecule has 0 bridgehead atoms. The Morgan fingerprint density at radius 2 is 1.76 bits per heavy atom. The van der Waals surface area contributed by atoms with Crippen molar-refractivity contribution in [3.8, 4) is 0 Å². The van der Waals surface area contributed by atoms with Gasteiger partial charge < -0.3 is 5.32 Å². The molecule has 0 spiro atoms. The van der Waals surface area contributed by atoms with Gasteiger partial charge in [0.2, 0.25) is 15.9 Å². The number of amides is 1. The van der Waals surface area contributed by atoms with Crippen molar-refractivity contribution >= 4 is 21.6 Å². The summed E-state index contributed by atoms with van der Waals surface area (Å²) in [4.78, 5) is 12.5. The molecule has 2 rings (SSSR count). The van der Waals surface area contributed by atoms with Crippen LogP contribution in [-0.2, 0) is 21.4 Å². The van der Waals surface area contributed by atoms with Crippen molar-refractivity contribution in [3.63, 3.8) is 0 Å². The van der Waals surface area contributed by atoms with Crippen LogP contribution in [0.4, 0.5) is 10.1 Å². The molecule has 1 amide bonds. The number of sulfonamides is 1. The summed E-state index contributed by atoms with van der Waals surface area (Å²) in [6.07, 6.45) is 1.02. The highest BCUT2D eigenvalue weighted by Gasteiger charge is 2.29. The first-order valence-corrected chi connectivity index (χ1v) is 9.62. The fraction of sp³-hybridized carbons (Fsp3) is 0.278. The molecule has 0 unspecified atom stereocenters. The average Bonchev–Trinajstić information content (AvgIpc) is 2.54. The zero-order chi connectivity index (χ0) is 18.6. The fourth-order valence-electron chi connectivity index (χ4n) is 2.54. The summed E-state index contributed by atoms with van der Waals surface area (Å²) in [5.74, 6) is -0.910. The Morgan fingerprint density at radius 3 is 2.32 bits per heavy atom. The number of carbonyl (C=O) groups excluding carboxylic acids is 1. The van der Waals surface area contributed by atoms with Crippen molar-refractivity contribution < 1.29 is 17.6 Å². The van der Waals surface area contributed by atoms with Crippen molar-refractivity contribution in [2.75, 3.05) is 10.6 Å². The lowest BCUT2D eigenvalue weighted by Crippen LogP contribution is -2.47. The zero-order valence-electron chi connectivity index (χ0n) is 14.4. The standard InChI is InChI=1S/C18H21FN2O3S/c1-13-6-4-5-7-15(13)12-20-18(22)14(2)21(25(3,23)24)17-10-8-16(19)9-11-17/h4-11,14H,12H2,1-3H3,(H,20,22)/t14-/m0/s1. The van der Waals surface area contributed by atoms with Crippen LogP contribution >= 0.6 is 0 Å². The predicted octanol–water partition coefficient (Wildman–Crippen LogP) is 2.61. The van der Waals surface area contributed by atoms with Crippen LogP contribution in [0.1, 0.15) is 18.1 Å². The molecule has 0 aliphatic rings. The van der Waals surface area contributed by atoms with E-state index in [1.807, 2.05) is 31.2 Å². The highest BCUT2D eigenvalue weighted by atomic mass is 32.2. The van der Waals surface area contributed by atoms with Crippen LogP contribution in [0.3, 0.4) is 0 Å². The summed E-state index contributed by atoms with van der Waals surface area (Å²) >= 11 is 0. The minimum Gasteiger partial charge on any atom is -0.350 e. The molecule has 134 valence electrons. The molecule has 0 saturated heterocycles. The zero-order valence-corrected chi connectivity index (χ0v) is 15.2. The van der Waals surface area contributed by atoms with Crippen molar-refractivity contribution in [1.82, 2.24) is 5.32 Å². The number of benzene rings is 2. The average molecular weight is 364 g/mol. The van der Waals surface area contributed by atoms with Gasteiger partial charge in [0, 0.05) is 6.54 Å². The maximum Gasteiger partial charge on any atom is 0.243 e. The third-order valence-corrected chi connectivity index (χ3v) is 5.13. The monoisotopic (exact) mass is 364 g/mol. The maximum absolute atomic E-state index is 13.1. The number of hydrogen-bond donors (Lipinski definition) is 1. The van der Waals surface area contributed by atoms with Gasteiger partial charge in [-0.3, -0.25) is 9.10 Å². The van der Waals surface area contributed by atoms with E-state index in [0.717, 1.165) is 33.8 Å². The van der Waals surface area contributed by atoms with Gasteiger partial charge in [-0.25, -0.2) is 12.8 Å². The van der Waals surface area contributed by atoms with Gasteiger partial charge in [0.05, 0.1) is 11.9 Å². The van der Waals surface area contributed by atoms with Crippen molar-refractivity contribution in [3.05, 3.63) is 65.5 Å². The number of halogens is 1. The quantitative estimate of drug-likeness (QED) is 0.857. The van der Waals surface area contributed by atoms with Crippen LogP contribution in [0, 0.1) is 12.7 Å². The SMILES string of the molecule is Cc1ccccc1CNC(=O)[C@H](C)N(c1ccc(F)cc1)S(C)(=O)=O. The molecule has 0 aliphatic heterocycles. The van der Waals surface area contributed by atoms with Crippen LogP contribution in [-0.4, -0.2) is 26.6 Å². The third-order valence-electron chi connectivity index (χ3n) is 3.88. The maximum atomic E-state index is 13.1. The number of nitrogens with one attached hydrogen (secondary N) is 1. The van der Waals surface area contributed by atoms with E-state index in [1.165, 1.54) is 19.1 Å². The van der Waals surface area contributed by atoms with E-state index in [9.17, 15) is 17.6 Å². The Kier molecular flexibility index (Phi) is 5.79. The van der Waals surface area contributed by atoms with Crippen molar-refractivity contribution in [1.29, 1.82) is 0 Å². The third kappa shape index (κ3) is 4.79. The lowest BCUT2D eigenvalue weighted by atomic mass is 10.1. The predicted molar refractivity (Wildman–Crippen MR) is 96.2 cm³/mol. The van der Waals surface area contributed by atoms with E-state index in [2.05, 4.69) is 5.32 Å². The van der Waals surface area contributed by atoms with E-state index in [4.69, 9.17) is 0 Å². The largest absolute Gasteiger partial charge is 0.350 e. The summed E-state index contributed by atoms with van der Waals surface area (Å²) < 4.78 is 38.4. The molecule has 0 heterocycles. The van der Waals surface area contributed by atoms with Gasteiger partial charge in [-0.2, -0.15) is 0 Å². The number of anilines is 1. The van der Waals surface area contributed by atoms with E-state index in [-0.39, 0.29) is 5.69 Å². The number of carbonyl (C=O) groups is 1. The Hall–Kier alpha value is -2.41. The summed E-state index contributed by atoms with van der Waals surface area (Å²) in [6.45, 7) is 3.74. The van der Waals surface area contributed by atoms with Crippen LogP contribution in [0.2, 0.25) is 0 Å². The molecule has 0 aliphatic carbocycles. The molecule has 2 aromatic carbocycles. The molecule has 0 fully saturated rings. The lowest BCUT2D eigenvalue weighted by molar-refractivity contribution is -0.122. The van der Waals surface area contributed by atoms with Gasteiger partial charge in [0.1, 0.15) is 11.9 Å². The topological polar surface area (TPSA) is 66.5 Å². The second-order valence-electron chi connectivity index (χ2n) is 5.86. The molecule has 25 heavy (non-hydrogen) atoms. The Morgan fingerprint density at radius 1 is 1.16 bits per heavy atom. The molecular formula is C18H21FN2O3S. The Balaban J connectivity index is 2.18. The highest BCUT2D eigenvalue weighted by Crippen LogP contribution is 2.21. The highest BCUT2D eigenvalue weighted by molar-refractivity contribution is 7.92. The van der Waals surface area contributed by atoms with Crippen molar-refractivity contribution in [2.24, 2.45) is 0 Å². The second kappa shape index (κ2) is 7.65. The van der Waals surface area contributed by atoms with Crippen LogP contribution < -0.4 is 9.62 Å². The fourth-order valence-corrected chi connectivity index (χ4v) is 3.71. The summed E-state index contributed by atoms with van der Waals surface area (Å²) in [5, 5.41) is 2.75.